The number of carbonyl (C=O) groups is 1. The van der Waals surface area contributed by atoms with Gasteiger partial charge in [-0.15, -0.1) is 0 Å². The summed E-state index contributed by atoms with van der Waals surface area (Å²) in [4.78, 5) is 15.0. The number of amides is 1. The molecular formula is C24H47NO. The van der Waals surface area contributed by atoms with Gasteiger partial charge < -0.3 is 4.90 Å². The van der Waals surface area contributed by atoms with Crippen LogP contribution in [0.2, 0.25) is 0 Å². The Morgan fingerprint density at radius 2 is 1.19 bits per heavy atom. The zero-order valence-corrected chi connectivity index (χ0v) is 18.1. The number of nitrogens with zero attached hydrogens (tertiary/aromatic N) is 1. The molecule has 1 fully saturated rings. The molecule has 26 heavy (non-hydrogen) atoms. The average molecular weight is 366 g/mol. The van der Waals surface area contributed by atoms with Gasteiger partial charge in [-0.25, -0.2) is 0 Å². The standard InChI is InChI=1S/C24H47NO/c1-3-5-7-9-11-15-21-25(22-16-12-10-8-6-4-2)24(26)20-19-23-17-13-14-18-23/h23H,3-22H2,1-2H3. The highest BCUT2D eigenvalue weighted by Crippen LogP contribution is 2.28. The fourth-order valence-corrected chi connectivity index (χ4v) is 4.31. The Kier molecular flexibility index (Phi) is 15.0. The van der Waals surface area contributed by atoms with Crippen LogP contribution in [0.25, 0.3) is 0 Å². The average Bonchev–Trinajstić information content (AvgIpc) is 3.17. The number of hydrogen-bond acceptors (Lipinski definition) is 1. The summed E-state index contributed by atoms with van der Waals surface area (Å²) >= 11 is 0. The molecule has 1 saturated carbocycles. The zero-order valence-electron chi connectivity index (χ0n) is 18.1. The van der Waals surface area contributed by atoms with Crippen molar-refractivity contribution in [1.82, 2.24) is 4.90 Å². The van der Waals surface area contributed by atoms with E-state index in [9.17, 15) is 4.79 Å². The highest BCUT2D eigenvalue weighted by atomic mass is 16.2. The van der Waals surface area contributed by atoms with Crippen LogP contribution in [0.3, 0.4) is 0 Å². The van der Waals surface area contributed by atoms with E-state index in [1.807, 2.05) is 0 Å². The molecule has 2 heteroatoms. The van der Waals surface area contributed by atoms with Gasteiger partial charge in [-0.3, -0.25) is 4.79 Å². The largest absolute Gasteiger partial charge is 0.343 e. The quantitative estimate of drug-likeness (QED) is 0.244. The molecule has 0 aliphatic heterocycles. The summed E-state index contributed by atoms with van der Waals surface area (Å²) in [6, 6.07) is 0. The molecule has 0 aromatic heterocycles. The van der Waals surface area contributed by atoms with Crippen LogP contribution in [-0.2, 0) is 4.79 Å². The zero-order chi connectivity index (χ0) is 18.9. The van der Waals surface area contributed by atoms with E-state index in [0.717, 1.165) is 31.8 Å². The Bertz CT molecular complexity index is 306. The van der Waals surface area contributed by atoms with Crippen molar-refractivity contribution in [2.75, 3.05) is 13.1 Å². The summed E-state index contributed by atoms with van der Waals surface area (Å²) in [6.07, 6.45) is 23.2. The SMILES string of the molecule is CCCCCCCCN(CCCCCCCC)C(=O)CCC1CCCC1. The van der Waals surface area contributed by atoms with Gasteiger partial charge in [0, 0.05) is 19.5 Å². The predicted molar refractivity (Wildman–Crippen MR) is 115 cm³/mol. The van der Waals surface area contributed by atoms with Crippen LogP contribution < -0.4 is 0 Å². The summed E-state index contributed by atoms with van der Waals surface area (Å²) in [6.45, 7) is 6.55. The van der Waals surface area contributed by atoms with Gasteiger partial charge in [0.2, 0.25) is 5.91 Å². The first-order chi connectivity index (χ1) is 12.8. The Balaban J connectivity index is 2.24. The first kappa shape index (κ1) is 23.5. The smallest absolute Gasteiger partial charge is 0.222 e. The molecule has 0 aromatic carbocycles. The third kappa shape index (κ3) is 12.0. The molecule has 0 heterocycles. The molecule has 0 unspecified atom stereocenters. The molecule has 0 atom stereocenters. The first-order valence-corrected chi connectivity index (χ1v) is 12.1. The normalized spacial score (nSPS) is 14.8. The van der Waals surface area contributed by atoms with Gasteiger partial charge in [-0.1, -0.05) is 104 Å². The van der Waals surface area contributed by atoms with E-state index in [4.69, 9.17) is 0 Å². The number of carbonyl (C=O) groups excluding carboxylic acids is 1. The molecule has 2 nitrogen and oxygen atoms in total. The van der Waals surface area contributed by atoms with Gasteiger partial charge in [0.15, 0.2) is 0 Å². The van der Waals surface area contributed by atoms with Gasteiger partial charge in [-0.05, 0) is 25.2 Å². The highest BCUT2D eigenvalue weighted by molar-refractivity contribution is 5.76. The van der Waals surface area contributed by atoms with Crippen LogP contribution in [0.5, 0.6) is 0 Å². The molecule has 0 saturated heterocycles. The summed E-state index contributed by atoms with van der Waals surface area (Å²) < 4.78 is 0. The molecule has 1 aliphatic carbocycles. The van der Waals surface area contributed by atoms with Gasteiger partial charge in [0.05, 0.1) is 0 Å². The summed E-state index contributed by atoms with van der Waals surface area (Å²) in [5.41, 5.74) is 0. The molecule has 1 amide bonds. The van der Waals surface area contributed by atoms with E-state index in [2.05, 4.69) is 18.7 Å². The van der Waals surface area contributed by atoms with Crippen molar-refractivity contribution in [3.8, 4) is 0 Å². The maximum absolute atomic E-state index is 12.8. The van der Waals surface area contributed by atoms with Crippen LogP contribution in [0.15, 0.2) is 0 Å². The van der Waals surface area contributed by atoms with Crippen molar-refractivity contribution < 1.29 is 4.79 Å². The highest BCUT2D eigenvalue weighted by Gasteiger charge is 2.18. The van der Waals surface area contributed by atoms with Crippen LogP contribution in [-0.4, -0.2) is 23.9 Å². The van der Waals surface area contributed by atoms with Crippen molar-refractivity contribution in [3.63, 3.8) is 0 Å². The van der Waals surface area contributed by atoms with Crippen LogP contribution in [0.1, 0.15) is 129 Å². The molecule has 1 rings (SSSR count). The number of unbranched alkanes of at least 4 members (excludes halogenated alkanes) is 10. The minimum atomic E-state index is 0.444. The summed E-state index contributed by atoms with van der Waals surface area (Å²) in [5, 5.41) is 0. The second-order valence-corrected chi connectivity index (χ2v) is 8.61. The molecule has 0 radical (unpaired) electrons. The minimum Gasteiger partial charge on any atom is -0.343 e. The van der Waals surface area contributed by atoms with Gasteiger partial charge >= 0.3 is 0 Å². The third-order valence-corrected chi connectivity index (χ3v) is 6.16. The lowest BCUT2D eigenvalue weighted by atomic mass is 10.0. The maximum atomic E-state index is 12.8. The molecular weight excluding hydrogens is 318 g/mol. The monoisotopic (exact) mass is 365 g/mol. The fourth-order valence-electron chi connectivity index (χ4n) is 4.31. The fraction of sp³-hybridized carbons (Fsp3) is 0.958. The Labute approximate surface area is 164 Å². The number of rotatable bonds is 17. The van der Waals surface area contributed by atoms with Gasteiger partial charge in [-0.2, -0.15) is 0 Å². The number of hydrogen-bond donors (Lipinski definition) is 0. The lowest BCUT2D eigenvalue weighted by Crippen LogP contribution is -2.33. The van der Waals surface area contributed by atoms with E-state index in [1.165, 1.54) is 103 Å². The Hall–Kier alpha value is -0.530. The van der Waals surface area contributed by atoms with E-state index in [1.54, 1.807) is 0 Å². The van der Waals surface area contributed by atoms with Gasteiger partial charge in [0.1, 0.15) is 0 Å². The third-order valence-electron chi connectivity index (χ3n) is 6.16. The summed E-state index contributed by atoms with van der Waals surface area (Å²) in [5.74, 6) is 1.28. The van der Waals surface area contributed by atoms with Crippen LogP contribution in [0, 0.1) is 5.92 Å². The summed E-state index contributed by atoms with van der Waals surface area (Å²) in [7, 11) is 0. The topological polar surface area (TPSA) is 20.3 Å². The molecule has 0 bridgehead atoms. The van der Waals surface area contributed by atoms with E-state index in [-0.39, 0.29) is 0 Å². The van der Waals surface area contributed by atoms with Crippen LogP contribution in [0.4, 0.5) is 0 Å². The maximum Gasteiger partial charge on any atom is 0.222 e. The minimum absolute atomic E-state index is 0.444. The molecule has 154 valence electrons. The second-order valence-electron chi connectivity index (χ2n) is 8.61. The van der Waals surface area contributed by atoms with Crippen molar-refractivity contribution in [2.24, 2.45) is 5.92 Å². The van der Waals surface area contributed by atoms with Crippen LogP contribution >= 0.6 is 0 Å². The van der Waals surface area contributed by atoms with E-state index in [0.29, 0.717) is 5.91 Å². The molecule has 0 aromatic rings. The Morgan fingerprint density at radius 1 is 0.731 bits per heavy atom. The lowest BCUT2D eigenvalue weighted by molar-refractivity contribution is -0.131. The molecule has 1 aliphatic rings. The van der Waals surface area contributed by atoms with Crippen molar-refractivity contribution in [1.29, 1.82) is 0 Å². The second kappa shape index (κ2) is 16.6. The van der Waals surface area contributed by atoms with Gasteiger partial charge in [0.25, 0.3) is 0 Å². The molecule has 0 N–H and O–H groups in total. The lowest BCUT2D eigenvalue weighted by Gasteiger charge is -2.23. The van der Waals surface area contributed by atoms with Crippen molar-refractivity contribution in [2.45, 2.75) is 129 Å². The first-order valence-electron chi connectivity index (χ1n) is 12.1. The molecule has 0 spiro atoms. The van der Waals surface area contributed by atoms with E-state index >= 15 is 0 Å². The van der Waals surface area contributed by atoms with E-state index < -0.39 is 0 Å². The predicted octanol–water partition coefficient (Wildman–Crippen LogP) is 7.51. The van der Waals surface area contributed by atoms with Crippen molar-refractivity contribution in [3.05, 3.63) is 0 Å². The van der Waals surface area contributed by atoms with Crippen molar-refractivity contribution >= 4 is 5.91 Å². The Morgan fingerprint density at radius 3 is 1.69 bits per heavy atom.